The van der Waals surface area contributed by atoms with Crippen molar-refractivity contribution < 1.29 is 4.74 Å². The zero-order chi connectivity index (χ0) is 18.6. The Morgan fingerprint density at radius 3 is 1.43 bits per heavy atom. The Morgan fingerprint density at radius 2 is 1.17 bits per heavy atom. The van der Waals surface area contributed by atoms with Crippen LogP contribution in [0.4, 0.5) is 0 Å². The second kappa shape index (κ2) is 6.04. The molecular formula is C22H44O. The van der Waals surface area contributed by atoms with Gasteiger partial charge in [0.05, 0.1) is 11.7 Å². The van der Waals surface area contributed by atoms with E-state index in [2.05, 4.69) is 90.0 Å². The summed E-state index contributed by atoms with van der Waals surface area (Å²) in [6.45, 7) is 31.0. The van der Waals surface area contributed by atoms with Gasteiger partial charge in [0.15, 0.2) is 0 Å². The average molecular weight is 325 g/mol. The third-order valence-corrected chi connectivity index (χ3v) is 5.86. The molecule has 4 atom stereocenters. The Balaban J connectivity index is 3.58. The molecule has 0 radical (unpaired) electrons. The van der Waals surface area contributed by atoms with Gasteiger partial charge in [0.1, 0.15) is 0 Å². The predicted molar refractivity (Wildman–Crippen MR) is 103 cm³/mol. The molecule has 0 aromatic heterocycles. The van der Waals surface area contributed by atoms with Crippen LogP contribution in [0, 0.1) is 39.9 Å². The fraction of sp³-hybridized carbons (Fsp3) is 1.00. The van der Waals surface area contributed by atoms with E-state index in [0.717, 1.165) is 0 Å². The van der Waals surface area contributed by atoms with Gasteiger partial charge in [-0.05, 0) is 53.8 Å². The second-order valence-corrected chi connectivity index (χ2v) is 12.1. The molecule has 0 bridgehead atoms. The van der Waals surface area contributed by atoms with E-state index < -0.39 is 0 Å². The maximum absolute atomic E-state index is 6.88. The summed E-state index contributed by atoms with van der Waals surface area (Å²) in [7, 11) is 0. The van der Waals surface area contributed by atoms with Crippen molar-refractivity contribution in [1.29, 1.82) is 0 Å². The quantitative estimate of drug-likeness (QED) is 0.515. The van der Waals surface area contributed by atoms with Gasteiger partial charge < -0.3 is 4.74 Å². The lowest BCUT2D eigenvalue weighted by atomic mass is 9.50. The van der Waals surface area contributed by atoms with Crippen LogP contribution in [0.3, 0.4) is 0 Å². The molecule has 1 saturated heterocycles. The molecule has 23 heavy (non-hydrogen) atoms. The van der Waals surface area contributed by atoms with Crippen molar-refractivity contribution in [3.63, 3.8) is 0 Å². The highest BCUT2D eigenvalue weighted by molar-refractivity contribution is 5.06. The molecule has 1 aliphatic heterocycles. The summed E-state index contributed by atoms with van der Waals surface area (Å²) in [4.78, 5) is 0. The predicted octanol–water partition coefficient (Wildman–Crippen LogP) is 6.81. The van der Waals surface area contributed by atoms with Gasteiger partial charge >= 0.3 is 0 Å². The smallest absolute Gasteiger partial charge is 0.0666 e. The molecule has 1 heterocycles. The summed E-state index contributed by atoms with van der Waals surface area (Å²) in [5.74, 6) is 2.41. The summed E-state index contributed by atoms with van der Waals surface area (Å²) in [5.41, 5.74) is 0.576. The molecular weight excluding hydrogens is 280 g/mol. The fourth-order valence-corrected chi connectivity index (χ4v) is 5.50. The topological polar surface area (TPSA) is 9.23 Å². The van der Waals surface area contributed by atoms with Crippen molar-refractivity contribution in [3.05, 3.63) is 0 Å². The molecule has 4 unspecified atom stereocenters. The van der Waals surface area contributed by atoms with Crippen LogP contribution in [-0.4, -0.2) is 11.7 Å². The van der Waals surface area contributed by atoms with Crippen molar-refractivity contribution in [2.75, 3.05) is 0 Å². The normalized spacial score (nSPS) is 33.1. The lowest BCUT2D eigenvalue weighted by molar-refractivity contribution is -0.267. The minimum Gasteiger partial charge on any atom is -0.371 e. The summed E-state index contributed by atoms with van der Waals surface area (Å²) in [5, 5.41) is 0. The van der Waals surface area contributed by atoms with Crippen LogP contribution >= 0.6 is 0 Å². The van der Waals surface area contributed by atoms with Crippen molar-refractivity contribution in [1.82, 2.24) is 0 Å². The van der Waals surface area contributed by atoms with Crippen molar-refractivity contribution >= 4 is 0 Å². The Bertz CT molecular complexity index is 397. The highest BCUT2D eigenvalue weighted by atomic mass is 16.5. The molecule has 0 amide bonds. The van der Waals surface area contributed by atoms with Crippen LogP contribution in [0.25, 0.3) is 0 Å². The zero-order valence-electron chi connectivity index (χ0n) is 18.3. The highest BCUT2D eigenvalue weighted by Crippen LogP contribution is 2.59. The molecule has 1 rings (SSSR count). The Morgan fingerprint density at radius 1 is 0.739 bits per heavy atom. The molecule has 0 aromatic carbocycles. The average Bonchev–Trinajstić information content (AvgIpc) is 2.21. The van der Waals surface area contributed by atoms with Crippen molar-refractivity contribution in [2.24, 2.45) is 39.9 Å². The number of hydrogen-bond donors (Lipinski definition) is 0. The second-order valence-electron chi connectivity index (χ2n) is 12.1. The number of ether oxygens (including phenoxy) is 1. The van der Waals surface area contributed by atoms with Crippen LogP contribution in [0.1, 0.15) is 90.0 Å². The van der Waals surface area contributed by atoms with Gasteiger partial charge in [0.2, 0.25) is 0 Å². The molecule has 138 valence electrons. The van der Waals surface area contributed by atoms with E-state index in [4.69, 9.17) is 4.74 Å². The van der Waals surface area contributed by atoms with Crippen LogP contribution < -0.4 is 0 Å². The fourth-order valence-electron chi connectivity index (χ4n) is 5.50. The van der Waals surface area contributed by atoms with Crippen molar-refractivity contribution in [2.45, 2.75) is 102 Å². The lowest BCUT2D eigenvalue weighted by Gasteiger charge is -2.62. The first-order valence-corrected chi connectivity index (χ1v) is 9.58. The molecule has 0 aromatic rings. The van der Waals surface area contributed by atoms with E-state index in [1.165, 1.54) is 0 Å². The number of rotatable bonds is 1. The van der Waals surface area contributed by atoms with E-state index in [1.807, 2.05) is 0 Å². The zero-order valence-corrected chi connectivity index (χ0v) is 18.3. The van der Waals surface area contributed by atoms with Crippen LogP contribution in [0.2, 0.25) is 0 Å². The first-order chi connectivity index (χ1) is 9.90. The summed E-state index contributed by atoms with van der Waals surface area (Å²) in [6.07, 6.45) is 0.306. The SMILES string of the molecule is CC(C)C1C(C(C)(C)C)OC(C)(C)C(C(C)(C)C)C1C(C)(C)C. The van der Waals surface area contributed by atoms with Crippen LogP contribution in [0.15, 0.2) is 0 Å². The minimum atomic E-state index is -0.0977. The van der Waals surface area contributed by atoms with Gasteiger partial charge in [-0.15, -0.1) is 0 Å². The Labute approximate surface area is 147 Å². The molecule has 1 nitrogen and oxygen atoms in total. The first-order valence-electron chi connectivity index (χ1n) is 9.58. The van der Waals surface area contributed by atoms with Crippen LogP contribution in [0.5, 0.6) is 0 Å². The standard InChI is InChI=1S/C22H44O/c1-14(2)15-16(19(3,4)5)17(20(6,7)8)22(12,13)23-18(15)21(9,10)11/h14-18H,1-13H3. The third kappa shape index (κ3) is 4.33. The number of hydrogen-bond acceptors (Lipinski definition) is 1. The molecule has 1 aliphatic rings. The van der Waals surface area contributed by atoms with E-state index in [1.54, 1.807) is 0 Å². The van der Waals surface area contributed by atoms with Gasteiger partial charge in [-0.3, -0.25) is 0 Å². The molecule has 1 fully saturated rings. The lowest BCUT2D eigenvalue weighted by Crippen LogP contribution is -2.63. The van der Waals surface area contributed by atoms with E-state index >= 15 is 0 Å². The van der Waals surface area contributed by atoms with Crippen molar-refractivity contribution in [3.8, 4) is 0 Å². The summed E-state index contributed by atoms with van der Waals surface area (Å²) < 4.78 is 6.88. The third-order valence-electron chi connectivity index (χ3n) is 5.86. The largest absolute Gasteiger partial charge is 0.371 e. The Hall–Kier alpha value is -0.0400. The van der Waals surface area contributed by atoms with Crippen LogP contribution in [-0.2, 0) is 4.74 Å². The monoisotopic (exact) mass is 324 g/mol. The van der Waals surface area contributed by atoms with Gasteiger partial charge in [0, 0.05) is 0 Å². The van der Waals surface area contributed by atoms with Gasteiger partial charge in [-0.2, -0.15) is 0 Å². The van der Waals surface area contributed by atoms with E-state index in [9.17, 15) is 0 Å². The van der Waals surface area contributed by atoms with E-state index in [0.29, 0.717) is 29.8 Å². The maximum Gasteiger partial charge on any atom is 0.0666 e. The molecule has 0 spiro atoms. The molecule has 1 heteroatoms. The maximum atomic E-state index is 6.88. The molecule has 0 N–H and O–H groups in total. The summed E-state index contributed by atoms with van der Waals surface area (Å²) >= 11 is 0. The minimum absolute atomic E-state index is 0.0977. The van der Waals surface area contributed by atoms with Gasteiger partial charge in [0.25, 0.3) is 0 Å². The van der Waals surface area contributed by atoms with Gasteiger partial charge in [-0.25, -0.2) is 0 Å². The highest BCUT2D eigenvalue weighted by Gasteiger charge is 2.58. The Kier molecular flexibility index (Phi) is 5.52. The molecule has 0 saturated carbocycles. The van der Waals surface area contributed by atoms with Gasteiger partial charge in [-0.1, -0.05) is 76.2 Å². The van der Waals surface area contributed by atoms with E-state index in [-0.39, 0.29) is 21.8 Å². The summed E-state index contributed by atoms with van der Waals surface area (Å²) in [6, 6.07) is 0. The first kappa shape index (κ1) is 21.0. The molecule has 0 aliphatic carbocycles.